The third kappa shape index (κ3) is 2.19. The molecule has 0 amide bonds. The summed E-state index contributed by atoms with van der Waals surface area (Å²) < 4.78 is 0. The summed E-state index contributed by atoms with van der Waals surface area (Å²) >= 11 is 0. The molecule has 0 spiro atoms. The van der Waals surface area contributed by atoms with Crippen LogP contribution in [-0.4, -0.2) is 6.21 Å². The standard InChI is InChI=1S/C8H7N.C2H6.CH4/c1-2-4-8-7(3-1)5-6-9-8;1-2;/h1-4,6H,5H2;1-2H3;1H4. The molecule has 12 heavy (non-hydrogen) atoms. The molecule has 0 radical (unpaired) electrons. The lowest BCUT2D eigenvalue weighted by molar-refractivity contribution is 1.41. The van der Waals surface area contributed by atoms with Crippen molar-refractivity contribution in [2.45, 2.75) is 27.7 Å². The number of hydrogen-bond donors (Lipinski definition) is 0. The summed E-state index contributed by atoms with van der Waals surface area (Å²) in [5, 5.41) is 0. The Kier molecular flexibility index (Phi) is 5.02. The third-order valence-corrected chi connectivity index (χ3v) is 1.53. The van der Waals surface area contributed by atoms with E-state index in [0.717, 1.165) is 12.1 Å². The average molecular weight is 163 g/mol. The first-order valence-electron chi connectivity index (χ1n) is 4.07. The van der Waals surface area contributed by atoms with Crippen LogP contribution >= 0.6 is 0 Å². The van der Waals surface area contributed by atoms with Crippen molar-refractivity contribution in [2.24, 2.45) is 4.99 Å². The summed E-state index contributed by atoms with van der Waals surface area (Å²) in [4.78, 5) is 4.17. The van der Waals surface area contributed by atoms with Crippen LogP contribution in [0.3, 0.4) is 0 Å². The number of aliphatic imine (C=N–C) groups is 1. The topological polar surface area (TPSA) is 12.4 Å². The second kappa shape index (κ2) is 5.53. The van der Waals surface area contributed by atoms with E-state index in [9.17, 15) is 0 Å². The Morgan fingerprint density at radius 1 is 1.17 bits per heavy atom. The summed E-state index contributed by atoms with van der Waals surface area (Å²) in [7, 11) is 0. The number of rotatable bonds is 0. The van der Waals surface area contributed by atoms with Crippen LogP contribution in [0.15, 0.2) is 29.3 Å². The van der Waals surface area contributed by atoms with Crippen LogP contribution in [0.2, 0.25) is 0 Å². The SMILES string of the molecule is C.C1=Nc2ccccc2C1.CC. The predicted octanol–water partition coefficient (Wildman–Crippen LogP) is 3.61. The minimum absolute atomic E-state index is 0. The normalized spacial score (nSPS) is 10.8. The molecule has 1 aromatic rings. The van der Waals surface area contributed by atoms with E-state index in [-0.39, 0.29) is 7.43 Å². The molecule has 0 atom stereocenters. The molecule has 0 saturated heterocycles. The van der Waals surface area contributed by atoms with E-state index in [0.29, 0.717) is 0 Å². The van der Waals surface area contributed by atoms with Crippen molar-refractivity contribution in [1.82, 2.24) is 0 Å². The van der Waals surface area contributed by atoms with Gasteiger partial charge < -0.3 is 0 Å². The van der Waals surface area contributed by atoms with E-state index in [4.69, 9.17) is 0 Å². The van der Waals surface area contributed by atoms with Gasteiger partial charge in [0.25, 0.3) is 0 Å². The van der Waals surface area contributed by atoms with E-state index in [2.05, 4.69) is 11.1 Å². The number of fused-ring (bicyclic) bond motifs is 1. The molecule has 1 aliphatic heterocycles. The summed E-state index contributed by atoms with van der Waals surface area (Å²) in [5.74, 6) is 0. The first kappa shape index (κ1) is 10.9. The summed E-state index contributed by atoms with van der Waals surface area (Å²) in [6.45, 7) is 4.00. The molecule has 1 heteroatoms. The first-order chi connectivity index (χ1) is 5.47. The van der Waals surface area contributed by atoms with Gasteiger partial charge in [-0.2, -0.15) is 0 Å². The zero-order valence-corrected chi connectivity index (χ0v) is 7.04. The molecule has 0 unspecified atom stereocenters. The van der Waals surface area contributed by atoms with Gasteiger partial charge in [0.1, 0.15) is 0 Å². The van der Waals surface area contributed by atoms with Crippen molar-refractivity contribution in [3.8, 4) is 0 Å². The van der Waals surface area contributed by atoms with Gasteiger partial charge in [-0.1, -0.05) is 39.5 Å². The highest BCUT2D eigenvalue weighted by Gasteiger charge is 2.01. The Hall–Kier alpha value is -1.11. The third-order valence-electron chi connectivity index (χ3n) is 1.53. The molecule has 0 saturated carbocycles. The molecule has 1 heterocycles. The molecule has 0 aliphatic carbocycles. The quantitative estimate of drug-likeness (QED) is 0.554. The lowest BCUT2D eigenvalue weighted by atomic mass is 10.2. The lowest BCUT2D eigenvalue weighted by Crippen LogP contribution is -1.75. The predicted molar refractivity (Wildman–Crippen MR) is 56.4 cm³/mol. The number of nitrogens with zero attached hydrogens (tertiary/aromatic N) is 1. The van der Waals surface area contributed by atoms with E-state index in [1.165, 1.54) is 5.56 Å². The Labute approximate surface area is 75.2 Å². The second-order valence-electron chi connectivity index (χ2n) is 2.14. The number of hydrogen-bond acceptors (Lipinski definition) is 1. The zero-order chi connectivity index (χ0) is 8.10. The largest absolute Gasteiger partial charge is 0.261 e. The maximum atomic E-state index is 4.17. The minimum Gasteiger partial charge on any atom is -0.261 e. The van der Waals surface area contributed by atoms with E-state index >= 15 is 0 Å². The summed E-state index contributed by atoms with van der Waals surface area (Å²) in [6.07, 6.45) is 2.96. The fourth-order valence-corrected chi connectivity index (χ4v) is 1.05. The number of para-hydroxylation sites is 1. The molecule has 0 aromatic heterocycles. The maximum Gasteiger partial charge on any atom is 0.0661 e. The molecule has 2 rings (SSSR count). The van der Waals surface area contributed by atoms with E-state index < -0.39 is 0 Å². The van der Waals surface area contributed by atoms with Crippen molar-refractivity contribution in [2.75, 3.05) is 0 Å². The zero-order valence-electron chi connectivity index (χ0n) is 7.04. The maximum absolute atomic E-state index is 4.17. The molecule has 1 aromatic carbocycles. The summed E-state index contributed by atoms with van der Waals surface area (Å²) in [5.41, 5.74) is 2.48. The Balaban J connectivity index is 0.000000378. The molecular weight excluding hydrogens is 146 g/mol. The van der Waals surface area contributed by atoms with Gasteiger partial charge in [0.05, 0.1) is 5.69 Å². The van der Waals surface area contributed by atoms with Crippen molar-refractivity contribution in [3.63, 3.8) is 0 Å². The molecule has 1 aliphatic rings. The van der Waals surface area contributed by atoms with Crippen LogP contribution in [-0.2, 0) is 6.42 Å². The van der Waals surface area contributed by atoms with Crippen LogP contribution in [0, 0.1) is 0 Å². The van der Waals surface area contributed by atoms with Crippen LogP contribution < -0.4 is 0 Å². The van der Waals surface area contributed by atoms with Gasteiger partial charge in [0.2, 0.25) is 0 Å². The lowest BCUT2D eigenvalue weighted by Gasteiger charge is -1.91. The van der Waals surface area contributed by atoms with Crippen LogP contribution in [0.4, 0.5) is 5.69 Å². The fourth-order valence-electron chi connectivity index (χ4n) is 1.05. The Morgan fingerprint density at radius 3 is 2.50 bits per heavy atom. The van der Waals surface area contributed by atoms with Gasteiger partial charge in [0.15, 0.2) is 0 Å². The Morgan fingerprint density at radius 2 is 1.83 bits per heavy atom. The van der Waals surface area contributed by atoms with Gasteiger partial charge in [0, 0.05) is 12.6 Å². The van der Waals surface area contributed by atoms with Crippen molar-refractivity contribution >= 4 is 11.9 Å². The highest BCUT2D eigenvalue weighted by atomic mass is 14.7. The van der Waals surface area contributed by atoms with Gasteiger partial charge in [-0.25, -0.2) is 0 Å². The van der Waals surface area contributed by atoms with E-state index in [1.807, 2.05) is 38.3 Å². The molecular formula is C11H17N. The van der Waals surface area contributed by atoms with Crippen LogP contribution in [0.1, 0.15) is 26.8 Å². The smallest absolute Gasteiger partial charge is 0.0661 e. The van der Waals surface area contributed by atoms with Crippen LogP contribution in [0.5, 0.6) is 0 Å². The van der Waals surface area contributed by atoms with Gasteiger partial charge >= 0.3 is 0 Å². The van der Waals surface area contributed by atoms with Crippen LogP contribution in [0.25, 0.3) is 0 Å². The second-order valence-corrected chi connectivity index (χ2v) is 2.14. The van der Waals surface area contributed by atoms with Gasteiger partial charge in [-0.15, -0.1) is 0 Å². The molecule has 1 nitrogen and oxygen atoms in total. The highest BCUT2D eigenvalue weighted by molar-refractivity contribution is 5.75. The highest BCUT2D eigenvalue weighted by Crippen LogP contribution is 2.22. The van der Waals surface area contributed by atoms with Crippen molar-refractivity contribution in [3.05, 3.63) is 29.8 Å². The van der Waals surface area contributed by atoms with Crippen molar-refractivity contribution in [1.29, 1.82) is 0 Å². The van der Waals surface area contributed by atoms with Gasteiger partial charge in [-0.05, 0) is 11.6 Å². The first-order valence-corrected chi connectivity index (χ1v) is 4.07. The fraction of sp³-hybridized carbons (Fsp3) is 0.364. The Bertz CT molecular complexity index is 251. The monoisotopic (exact) mass is 163 g/mol. The minimum atomic E-state index is 0. The average Bonchev–Trinajstić information content (AvgIpc) is 2.55. The van der Waals surface area contributed by atoms with Gasteiger partial charge in [-0.3, -0.25) is 4.99 Å². The molecule has 0 bridgehead atoms. The van der Waals surface area contributed by atoms with Crippen molar-refractivity contribution < 1.29 is 0 Å². The summed E-state index contributed by atoms with van der Waals surface area (Å²) in [6, 6.07) is 8.22. The number of benzene rings is 1. The molecule has 0 fully saturated rings. The molecule has 0 N–H and O–H groups in total. The van der Waals surface area contributed by atoms with E-state index in [1.54, 1.807) is 0 Å². The molecule has 66 valence electrons.